The number of anilines is 2. The topological polar surface area (TPSA) is 102 Å². The molecule has 4 aliphatic rings. The quantitative estimate of drug-likeness (QED) is 0.358. The fourth-order valence-corrected chi connectivity index (χ4v) is 7.27. The molecule has 1 N–H and O–H groups in total. The summed E-state index contributed by atoms with van der Waals surface area (Å²) < 4.78 is 11.2. The number of esters is 1. The number of allylic oxidation sites excluding steroid dienone is 2. The van der Waals surface area contributed by atoms with Gasteiger partial charge in [-0.25, -0.2) is 4.79 Å². The number of hydrogen-bond acceptors (Lipinski definition) is 7. The van der Waals surface area contributed by atoms with Crippen LogP contribution < -0.4 is 10.2 Å². The van der Waals surface area contributed by atoms with Crippen molar-refractivity contribution in [2.45, 2.75) is 45.8 Å². The van der Waals surface area contributed by atoms with Crippen LogP contribution in [0.15, 0.2) is 36.4 Å². The van der Waals surface area contributed by atoms with Crippen molar-refractivity contribution in [2.75, 3.05) is 16.8 Å². The van der Waals surface area contributed by atoms with Crippen molar-refractivity contribution in [3.05, 3.63) is 58.0 Å². The van der Waals surface area contributed by atoms with Gasteiger partial charge < -0.3 is 14.8 Å². The van der Waals surface area contributed by atoms with Crippen molar-refractivity contribution < 1.29 is 28.7 Å². The Kier molecular flexibility index (Phi) is 5.61. The molecule has 2 bridgehead atoms. The van der Waals surface area contributed by atoms with E-state index in [1.54, 1.807) is 31.2 Å². The molecular formula is C28H28N2O6S. The summed E-state index contributed by atoms with van der Waals surface area (Å²) in [6.07, 6.45) is 5.54. The Hall–Kier alpha value is -3.30. The summed E-state index contributed by atoms with van der Waals surface area (Å²) in [6.45, 7) is 6.26. The van der Waals surface area contributed by atoms with Crippen molar-refractivity contribution in [1.82, 2.24) is 0 Å². The molecular weight excluding hydrogens is 492 g/mol. The molecule has 3 amide bonds. The largest absolute Gasteiger partial charge is 0.462 e. The Morgan fingerprint density at radius 3 is 2.38 bits per heavy atom. The number of ether oxygens (including phenoxy) is 2. The second-order valence-corrected chi connectivity index (χ2v) is 11.8. The maximum absolute atomic E-state index is 13.2. The zero-order chi connectivity index (χ0) is 26.1. The van der Waals surface area contributed by atoms with Crippen molar-refractivity contribution in [3.63, 3.8) is 0 Å². The highest BCUT2D eigenvalue weighted by Gasteiger charge is 2.59. The van der Waals surface area contributed by atoms with Gasteiger partial charge >= 0.3 is 5.97 Å². The number of nitrogens with zero attached hydrogens (tertiary/aromatic N) is 1. The summed E-state index contributed by atoms with van der Waals surface area (Å²) in [6, 6.07) is 6.44. The highest BCUT2D eigenvalue weighted by atomic mass is 32.1. The van der Waals surface area contributed by atoms with Gasteiger partial charge in [0.05, 0.1) is 41.9 Å². The third kappa shape index (κ3) is 3.83. The van der Waals surface area contributed by atoms with Crippen molar-refractivity contribution >= 4 is 45.7 Å². The Labute approximate surface area is 218 Å². The Morgan fingerprint density at radius 1 is 1.11 bits per heavy atom. The van der Waals surface area contributed by atoms with Crippen LogP contribution in [0.25, 0.3) is 0 Å². The highest BCUT2D eigenvalue weighted by Crippen LogP contribution is 2.53. The summed E-state index contributed by atoms with van der Waals surface area (Å²) in [5.74, 6) is -1.44. The number of nitrogens with one attached hydrogen (secondary N) is 1. The van der Waals surface area contributed by atoms with Crippen LogP contribution >= 0.6 is 11.3 Å². The Bertz CT molecular complexity index is 1330. The molecule has 1 saturated carbocycles. The number of rotatable bonds is 5. The van der Waals surface area contributed by atoms with Crippen LogP contribution in [0.2, 0.25) is 0 Å². The molecule has 0 spiro atoms. The van der Waals surface area contributed by atoms with Gasteiger partial charge in [0.15, 0.2) is 0 Å². The van der Waals surface area contributed by atoms with E-state index in [0.29, 0.717) is 34.8 Å². The van der Waals surface area contributed by atoms with Gasteiger partial charge in [0, 0.05) is 16.9 Å². The van der Waals surface area contributed by atoms with E-state index >= 15 is 0 Å². The van der Waals surface area contributed by atoms with Crippen LogP contribution in [0.4, 0.5) is 10.7 Å². The van der Waals surface area contributed by atoms with Crippen LogP contribution in [0.1, 0.15) is 58.3 Å². The van der Waals surface area contributed by atoms with Crippen LogP contribution in [0, 0.1) is 23.7 Å². The minimum absolute atomic E-state index is 0.141. The van der Waals surface area contributed by atoms with E-state index in [1.807, 2.05) is 13.8 Å². The first-order valence-corrected chi connectivity index (χ1v) is 13.4. The zero-order valence-electron chi connectivity index (χ0n) is 20.9. The van der Waals surface area contributed by atoms with E-state index in [0.717, 1.165) is 16.9 Å². The SMILES string of the molecule is CCOC(=O)c1c(NC(=O)c2ccc(N3C(=O)[C@@H]4[C@H](C3=O)[C@H]3C=C[C@H]4C3)cc2)sc2c1CC(C)(C)OC2. The van der Waals surface area contributed by atoms with Gasteiger partial charge in [-0.2, -0.15) is 0 Å². The van der Waals surface area contributed by atoms with Crippen LogP contribution in [-0.2, 0) is 32.1 Å². The third-order valence-corrected chi connectivity index (χ3v) is 8.97. The molecule has 6 rings (SSSR count). The second-order valence-electron chi connectivity index (χ2n) is 10.7. The maximum atomic E-state index is 13.2. The van der Waals surface area contributed by atoms with Gasteiger partial charge in [-0.15, -0.1) is 11.3 Å². The minimum atomic E-state index is -0.469. The first-order chi connectivity index (χ1) is 17.7. The fraction of sp³-hybridized carbons (Fsp3) is 0.429. The lowest BCUT2D eigenvalue weighted by Crippen LogP contribution is -2.32. The molecule has 8 nitrogen and oxygen atoms in total. The maximum Gasteiger partial charge on any atom is 0.341 e. The number of carbonyl (C=O) groups is 4. The predicted molar refractivity (Wildman–Crippen MR) is 137 cm³/mol. The Morgan fingerprint density at radius 2 is 1.76 bits per heavy atom. The highest BCUT2D eigenvalue weighted by molar-refractivity contribution is 7.17. The molecule has 2 aliphatic heterocycles. The van der Waals surface area contributed by atoms with Gasteiger partial charge in [0.2, 0.25) is 11.8 Å². The predicted octanol–water partition coefficient (Wildman–Crippen LogP) is 4.34. The van der Waals surface area contributed by atoms with Gasteiger partial charge in [0.25, 0.3) is 5.91 Å². The lowest BCUT2D eigenvalue weighted by molar-refractivity contribution is -0.123. The fourth-order valence-electron chi connectivity index (χ4n) is 6.15. The number of fused-ring (bicyclic) bond motifs is 6. The van der Waals surface area contributed by atoms with Crippen LogP contribution in [0.3, 0.4) is 0 Å². The molecule has 3 heterocycles. The second kappa shape index (κ2) is 8.63. The third-order valence-electron chi connectivity index (χ3n) is 7.85. The number of carbonyl (C=O) groups excluding carboxylic acids is 4. The molecule has 2 aromatic rings. The summed E-state index contributed by atoms with van der Waals surface area (Å²) in [5, 5.41) is 3.31. The number of benzene rings is 1. The standard InChI is InChI=1S/C28H28N2O6S/c1-4-35-27(34)22-18-12-28(2,3)36-13-19(18)37-24(22)29-23(31)14-7-9-17(10-8-14)30-25(32)20-15-5-6-16(11-15)21(20)26(30)33/h5-10,15-16,20-21H,4,11-13H2,1-3H3,(H,29,31)/t15-,16-,20-,21+/m0/s1. The monoisotopic (exact) mass is 520 g/mol. The first-order valence-electron chi connectivity index (χ1n) is 12.6. The van der Waals surface area contributed by atoms with Gasteiger partial charge in [-0.1, -0.05) is 12.2 Å². The van der Waals surface area contributed by atoms with Crippen LogP contribution in [-0.4, -0.2) is 35.9 Å². The molecule has 9 heteroatoms. The van der Waals surface area contributed by atoms with Gasteiger partial charge in [0.1, 0.15) is 5.00 Å². The van der Waals surface area contributed by atoms with Crippen molar-refractivity contribution in [2.24, 2.45) is 23.7 Å². The summed E-state index contributed by atoms with van der Waals surface area (Å²) in [5.41, 5.74) is 1.63. The van der Waals surface area contributed by atoms with Crippen molar-refractivity contribution in [1.29, 1.82) is 0 Å². The molecule has 0 unspecified atom stereocenters. The zero-order valence-corrected chi connectivity index (χ0v) is 21.7. The molecule has 1 aromatic carbocycles. The number of thiophene rings is 1. The molecule has 4 atom stereocenters. The van der Waals surface area contributed by atoms with Gasteiger partial charge in [-0.3, -0.25) is 19.3 Å². The average molecular weight is 521 g/mol. The lowest BCUT2D eigenvalue weighted by Gasteiger charge is -2.30. The van der Waals surface area contributed by atoms with E-state index in [9.17, 15) is 19.2 Å². The minimum Gasteiger partial charge on any atom is -0.462 e. The van der Waals surface area contributed by atoms with Crippen LogP contribution in [0.5, 0.6) is 0 Å². The molecule has 1 saturated heterocycles. The Balaban J connectivity index is 1.23. The summed E-state index contributed by atoms with van der Waals surface area (Å²) >= 11 is 1.32. The van der Waals surface area contributed by atoms with E-state index in [2.05, 4.69) is 17.5 Å². The first kappa shape index (κ1) is 24.1. The number of imide groups is 1. The molecule has 2 aliphatic carbocycles. The average Bonchev–Trinajstić information content (AvgIpc) is 3.61. The number of hydrogen-bond donors (Lipinski definition) is 1. The van der Waals surface area contributed by atoms with E-state index in [4.69, 9.17) is 9.47 Å². The smallest absolute Gasteiger partial charge is 0.341 e. The molecule has 0 radical (unpaired) electrons. The summed E-state index contributed by atoms with van der Waals surface area (Å²) in [4.78, 5) is 54.3. The number of amides is 3. The molecule has 2 fully saturated rings. The molecule has 1 aromatic heterocycles. The van der Waals surface area contributed by atoms with E-state index in [1.165, 1.54) is 16.2 Å². The molecule has 37 heavy (non-hydrogen) atoms. The van der Waals surface area contributed by atoms with E-state index in [-0.39, 0.29) is 42.1 Å². The molecule has 192 valence electrons. The normalized spacial score (nSPS) is 26.8. The summed E-state index contributed by atoms with van der Waals surface area (Å²) in [7, 11) is 0. The van der Waals surface area contributed by atoms with Gasteiger partial charge in [-0.05, 0) is 68.9 Å². The van der Waals surface area contributed by atoms with E-state index < -0.39 is 17.5 Å². The van der Waals surface area contributed by atoms with Crippen molar-refractivity contribution in [3.8, 4) is 0 Å². The lowest BCUT2D eigenvalue weighted by atomic mass is 9.85.